The van der Waals surface area contributed by atoms with Crippen LogP contribution in [0.25, 0.3) is 0 Å². The predicted molar refractivity (Wildman–Crippen MR) is 80.8 cm³/mol. The van der Waals surface area contributed by atoms with Crippen LogP contribution in [0.15, 0.2) is 35.7 Å². The Morgan fingerprint density at radius 2 is 1.79 bits per heavy atom. The van der Waals surface area contributed by atoms with Gasteiger partial charge in [0, 0.05) is 10.3 Å². The summed E-state index contributed by atoms with van der Waals surface area (Å²) in [4.78, 5) is 1.08. The highest BCUT2D eigenvalue weighted by Crippen LogP contribution is 2.36. The zero-order valence-corrected chi connectivity index (χ0v) is 12.8. The van der Waals surface area contributed by atoms with Crippen molar-refractivity contribution < 1.29 is 9.47 Å². The van der Waals surface area contributed by atoms with E-state index >= 15 is 0 Å². The summed E-state index contributed by atoms with van der Waals surface area (Å²) < 4.78 is 10.8. The molecule has 19 heavy (non-hydrogen) atoms. The molecular weight excluding hydrogens is 280 g/mol. The molecule has 1 aromatic heterocycles. The van der Waals surface area contributed by atoms with Crippen molar-refractivity contribution in [1.82, 2.24) is 0 Å². The molecule has 0 fully saturated rings. The molecule has 0 bridgehead atoms. The Labute approximate surface area is 122 Å². The van der Waals surface area contributed by atoms with Crippen molar-refractivity contribution in [2.24, 2.45) is 0 Å². The molecule has 0 saturated heterocycles. The number of hydrogen-bond acceptors (Lipinski definition) is 3. The van der Waals surface area contributed by atoms with Crippen molar-refractivity contribution in [1.29, 1.82) is 0 Å². The second-order valence-electron chi connectivity index (χ2n) is 4.49. The Kier molecular flexibility index (Phi) is 4.72. The van der Waals surface area contributed by atoms with Crippen molar-refractivity contribution in [2.45, 2.75) is 25.3 Å². The highest BCUT2D eigenvalue weighted by molar-refractivity contribution is 7.10. The number of ether oxygens (including phenoxy) is 2. The third-order valence-electron chi connectivity index (χ3n) is 2.63. The molecule has 0 amide bonds. The van der Waals surface area contributed by atoms with Gasteiger partial charge in [0.2, 0.25) is 0 Å². The lowest BCUT2D eigenvalue weighted by Crippen LogP contribution is -2.05. The van der Waals surface area contributed by atoms with Gasteiger partial charge in [-0.15, -0.1) is 22.9 Å². The van der Waals surface area contributed by atoms with Crippen LogP contribution >= 0.6 is 22.9 Å². The summed E-state index contributed by atoms with van der Waals surface area (Å²) in [6, 6.07) is 9.88. The van der Waals surface area contributed by atoms with E-state index in [9.17, 15) is 0 Å². The van der Waals surface area contributed by atoms with E-state index in [0.29, 0.717) is 0 Å². The molecule has 0 aliphatic heterocycles. The van der Waals surface area contributed by atoms with E-state index in [-0.39, 0.29) is 11.5 Å². The van der Waals surface area contributed by atoms with Gasteiger partial charge in [0.15, 0.2) is 0 Å². The second kappa shape index (κ2) is 6.31. The first-order valence-electron chi connectivity index (χ1n) is 6.13. The van der Waals surface area contributed by atoms with Crippen LogP contribution in [-0.4, -0.2) is 13.2 Å². The highest BCUT2D eigenvalue weighted by Gasteiger charge is 2.13. The molecule has 0 spiro atoms. The summed E-state index contributed by atoms with van der Waals surface area (Å²) in [6.45, 7) is 4.02. The number of hydrogen-bond donors (Lipinski definition) is 0. The van der Waals surface area contributed by atoms with Crippen LogP contribution in [0.2, 0.25) is 0 Å². The fraction of sp³-hybridized carbons (Fsp3) is 0.333. The lowest BCUT2D eigenvalue weighted by molar-refractivity contribution is 0.242. The monoisotopic (exact) mass is 296 g/mol. The van der Waals surface area contributed by atoms with Gasteiger partial charge in [-0.1, -0.05) is 12.1 Å². The summed E-state index contributed by atoms with van der Waals surface area (Å²) in [5.74, 6) is 1.72. The normalized spacial score (nSPS) is 12.5. The molecule has 1 heterocycles. The zero-order valence-electron chi connectivity index (χ0n) is 11.2. The Morgan fingerprint density at radius 1 is 1.11 bits per heavy atom. The van der Waals surface area contributed by atoms with Gasteiger partial charge in [-0.25, -0.2) is 0 Å². The van der Waals surface area contributed by atoms with E-state index in [0.717, 1.165) is 21.9 Å². The van der Waals surface area contributed by atoms with E-state index in [4.69, 9.17) is 21.1 Å². The maximum Gasteiger partial charge on any atom is 0.129 e. The van der Waals surface area contributed by atoms with Gasteiger partial charge in [-0.2, -0.15) is 0 Å². The van der Waals surface area contributed by atoms with Gasteiger partial charge in [-0.05, 0) is 37.6 Å². The predicted octanol–water partition coefficient (Wildman–Crippen LogP) is 4.87. The lowest BCUT2D eigenvalue weighted by atomic mass is 10.1. The number of halogens is 1. The molecule has 0 aliphatic carbocycles. The van der Waals surface area contributed by atoms with Crippen LogP contribution in [0.4, 0.5) is 0 Å². The fourth-order valence-electron chi connectivity index (χ4n) is 1.73. The first kappa shape index (κ1) is 14.2. The van der Waals surface area contributed by atoms with Crippen molar-refractivity contribution >= 4 is 22.9 Å². The minimum atomic E-state index is -0.151. The average Bonchev–Trinajstić information content (AvgIpc) is 2.87. The molecule has 0 saturated carbocycles. The average molecular weight is 297 g/mol. The molecule has 0 aliphatic rings. The molecule has 2 aromatic rings. The number of alkyl halides is 1. The van der Waals surface area contributed by atoms with Gasteiger partial charge >= 0.3 is 0 Å². The Morgan fingerprint density at radius 3 is 2.32 bits per heavy atom. The van der Waals surface area contributed by atoms with Crippen molar-refractivity contribution in [3.05, 3.63) is 46.2 Å². The second-order valence-corrected chi connectivity index (χ2v) is 5.87. The molecule has 1 atom stereocenters. The number of rotatable bonds is 5. The third-order valence-corrected chi connectivity index (χ3v) is 4.22. The van der Waals surface area contributed by atoms with Gasteiger partial charge in [0.05, 0.1) is 18.6 Å². The molecule has 0 radical (unpaired) electrons. The first-order chi connectivity index (χ1) is 9.10. The lowest BCUT2D eigenvalue weighted by Gasteiger charge is -2.12. The van der Waals surface area contributed by atoms with Crippen LogP contribution in [-0.2, 0) is 0 Å². The van der Waals surface area contributed by atoms with Gasteiger partial charge in [-0.3, -0.25) is 0 Å². The molecule has 4 heteroatoms. The quantitative estimate of drug-likeness (QED) is 0.733. The smallest absolute Gasteiger partial charge is 0.129 e. The van der Waals surface area contributed by atoms with Crippen LogP contribution in [0, 0.1) is 0 Å². The van der Waals surface area contributed by atoms with Gasteiger partial charge < -0.3 is 9.47 Å². The topological polar surface area (TPSA) is 18.5 Å². The van der Waals surface area contributed by atoms with Crippen molar-refractivity contribution in [3.63, 3.8) is 0 Å². The van der Waals surface area contributed by atoms with E-state index in [2.05, 4.69) is 0 Å². The molecular formula is C15H17ClO2S. The van der Waals surface area contributed by atoms with Crippen LogP contribution in [0.3, 0.4) is 0 Å². The highest BCUT2D eigenvalue weighted by atomic mass is 35.5. The van der Waals surface area contributed by atoms with Crippen LogP contribution in [0.5, 0.6) is 11.5 Å². The third kappa shape index (κ3) is 3.64. The standard InChI is InChI=1S/C15H17ClO2S/c1-10(2)18-12-6-4-11(5-7-12)15(16)14-8-13(17-3)9-19-14/h4-10,15H,1-3H3. The zero-order chi connectivity index (χ0) is 13.8. The summed E-state index contributed by atoms with van der Waals surface area (Å²) in [7, 11) is 1.66. The Hall–Kier alpha value is -1.19. The van der Waals surface area contributed by atoms with Gasteiger partial charge in [0.1, 0.15) is 11.5 Å². The van der Waals surface area contributed by atoms with Crippen molar-refractivity contribution in [3.8, 4) is 11.5 Å². The molecule has 1 aromatic carbocycles. The van der Waals surface area contributed by atoms with E-state index in [1.54, 1.807) is 18.4 Å². The maximum atomic E-state index is 6.47. The molecule has 1 unspecified atom stereocenters. The van der Waals surface area contributed by atoms with Crippen LogP contribution in [0.1, 0.15) is 29.7 Å². The Bertz CT molecular complexity index is 519. The number of thiophene rings is 1. The molecule has 2 nitrogen and oxygen atoms in total. The summed E-state index contributed by atoms with van der Waals surface area (Å²) in [6.07, 6.45) is 0.180. The van der Waals surface area contributed by atoms with Crippen LogP contribution < -0.4 is 9.47 Å². The fourth-order valence-corrected chi connectivity index (χ4v) is 2.95. The maximum absolute atomic E-state index is 6.47. The summed E-state index contributed by atoms with van der Waals surface area (Å²) in [5, 5.41) is 1.81. The summed E-state index contributed by atoms with van der Waals surface area (Å²) in [5.41, 5.74) is 1.06. The minimum Gasteiger partial charge on any atom is -0.496 e. The molecule has 0 N–H and O–H groups in total. The molecule has 2 rings (SSSR count). The Balaban J connectivity index is 2.12. The van der Waals surface area contributed by atoms with Crippen molar-refractivity contribution in [2.75, 3.05) is 7.11 Å². The number of benzene rings is 1. The first-order valence-corrected chi connectivity index (χ1v) is 7.45. The minimum absolute atomic E-state index is 0.151. The largest absolute Gasteiger partial charge is 0.496 e. The number of methoxy groups -OCH3 is 1. The van der Waals surface area contributed by atoms with Gasteiger partial charge in [0.25, 0.3) is 0 Å². The van der Waals surface area contributed by atoms with E-state index in [1.165, 1.54) is 0 Å². The SMILES string of the molecule is COc1csc(C(Cl)c2ccc(OC(C)C)cc2)c1. The van der Waals surface area contributed by atoms with E-state index in [1.807, 2.05) is 49.6 Å². The summed E-state index contributed by atoms with van der Waals surface area (Å²) >= 11 is 8.08. The molecule has 102 valence electrons. The van der Waals surface area contributed by atoms with E-state index < -0.39 is 0 Å².